The Kier molecular flexibility index (Phi) is 5.82. The maximum absolute atomic E-state index is 9.04. The van der Waals surface area contributed by atoms with Crippen molar-refractivity contribution in [1.82, 2.24) is 0 Å². The highest BCUT2D eigenvalue weighted by Gasteiger charge is 2.08. The molecule has 92 valence electrons. The Labute approximate surface area is 107 Å². The number of hydrogen-bond donors (Lipinski definition) is 1. The van der Waals surface area contributed by atoms with Crippen molar-refractivity contribution in [3.05, 3.63) is 28.8 Å². The molecule has 4 heteroatoms. The van der Waals surface area contributed by atoms with Crippen molar-refractivity contribution in [1.29, 1.82) is 5.26 Å². The Balaban J connectivity index is 2.86. The fourth-order valence-corrected chi connectivity index (χ4v) is 1.85. The van der Waals surface area contributed by atoms with Gasteiger partial charge in [-0.1, -0.05) is 24.9 Å². The van der Waals surface area contributed by atoms with Crippen molar-refractivity contribution in [2.24, 2.45) is 0 Å². The largest absolute Gasteiger partial charge is 0.395 e. The molecule has 0 heterocycles. The van der Waals surface area contributed by atoms with Crippen molar-refractivity contribution < 1.29 is 5.11 Å². The number of unbranched alkanes of at least 4 members (excludes halogenated alkanes) is 1. The second-order valence-corrected chi connectivity index (χ2v) is 4.25. The topological polar surface area (TPSA) is 47.3 Å². The summed E-state index contributed by atoms with van der Waals surface area (Å²) in [7, 11) is 0. The zero-order valence-electron chi connectivity index (χ0n) is 9.99. The Morgan fingerprint density at radius 3 is 2.71 bits per heavy atom. The van der Waals surface area contributed by atoms with Crippen LogP contribution in [0, 0.1) is 11.3 Å². The highest BCUT2D eigenvalue weighted by atomic mass is 35.5. The molecule has 0 saturated carbocycles. The molecule has 1 rings (SSSR count). The molecule has 0 unspecified atom stereocenters. The van der Waals surface area contributed by atoms with Gasteiger partial charge in [0.25, 0.3) is 0 Å². The molecule has 1 aromatic carbocycles. The van der Waals surface area contributed by atoms with Gasteiger partial charge in [-0.2, -0.15) is 5.26 Å². The van der Waals surface area contributed by atoms with Crippen LogP contribution in [0.15, 0.2) is 18.2 Å². The number of benzene rings is 1. The van der Waals surface area contributed by atoms with Crippen molar-refractivity contribution in [3.8, 4) is 6.07 Å². The monoisotopic (exact) mass is 252 g/mol. The van der Waals surface area contributed by atoms with Gasteiger partial charge in [-0.05, 0) is 24.6 Å². The minimum absolute atomic E-state index is 0.112. The summed E-state index contributed by atoms with van der Waals surface area (Å²) in [5, 5.41) is 18.3. The molecule has 0 aliphatic carbocycles. The van der Waals surface area contributed by atoms with Crippen LogP contribution in [0.25, 0.3) is 0 Å². The summed E-state index contributed by atoms with van der Waals surface area (Å²) in [6, 6.07) is 7.41. The van der Waals surface area contributed by atoms with E-state index in [0.717, 1.165) is 25.1 Å². The van der Waals surface area contributed by atoms with Crippen molar-refractivity contribution in [3.63, 3.8) is 0 Å². The van der Waals surface area contributed by atoms with E-state index in [4.69, 9.17) is 22.0 Å². The van der Waals surface area contributed by atoms with Crippen molar-refractivity contribution in [2.75, 3.05) is 24.6 Å². The van der Waals surface area contributed by atoms with E-state index in [1.807, 2.05) is 12.1 Å². The average molecular weight is 253 g/mol. The summed E-state index contributed by atoms with van der Waals surface area (Å²) in [6.07, 6.45) is 2.17. The summed E-state index contributed by atoms with van der Waals surface area (Å²) in [5.74, 6) is 0. The summed E-state index contributed by atoms with van der Waals surface area (Å²) in [5.41, 5.74) is 1.44. The molecule has 0 aromatic heterocycles. The van der Waals surface area contributed by atoms with Crippen molar-refractivity contribution >= 4 is 17.3 Å². The van der Waals surface area contributed by atoms with Gasteiger partial charge < -0.3 is 10.0 Å². The van der Waals surface area contributed by atoms with Crippen molar-refractivity contribution in [2.45, 2.75) is 19.8 Å². The van der Waals surface area contributed by atoms with Gasteiger partial charge in [0.2, 0.25) is 0 Å². The van der Waals surface area contributed by atoms with E-state index in [1.54, 1.807) is 12.1 Å². The maximum Gasteiger partial charge on any atom is 0.101 e. The molecule has 0 atom stereocenters. The Hall–Kier alpha value is -1.24. The zero-order chi connectivity index (χ0) is 12.7. The van der Waals surface area contributed by atoms with Crippen LogP contribution in [0.4, 0.5) is 5.69 Å². The number of aliphatic hydroxyl groups excluding tert-OH is 1. The lowest BCUT2D eigenvalue weighted by molar-refractivity contribution is 0.301. The van der Waals surface area contributed by atoms with Gasteiger partial charge in [0.1, 0.15) is 6.07 Å². The molecule has 0 spiro atoms. The van der Waals surface area contributed by atoms with Gasteiger partial charge in [0.15, 0.2) is 0 Å². The number of nitriles is 1. The van der Waals surface area contributed by atoms with E-state index in [-0.39, 0.29) is 6.61 Å². The van der Waals surface area contributed by atoms with Crippen LogP contribution >= 0.6 is 11.6 Å². The van der Waals surface area contributed by atoms with Crippen LogP contribution in [-0.4, -0.2) is 24.8 Å². The van der Waals surface area contributed by atoms with Crippen LogP contribution in [-0.2, 0) is 0 Å². The van der Waals surface area contributed by atoms with Gasteiger partial charge in [0.05, 0.1) is 17.2 Å². The predicted octanol–water partition coefficient (Wildman–Crippen LogP) is 2.81. The number of nitrogens with zero attached hydrogens (tertiary/aromatic N) is 2. The molecule has 1 N–H and O–H groups in total. The minimum atomic E-state index is 0.112. The SMILES string of the molecule is CCCCN(CCO)c1ccc(C#N)c(Cl)c1. The molecule has 0 amide bonds. The summed E-state index contributed by atoms with van der Waals surface area (Å²) >= 11 is 6.00. The first-order chi connectivity index (χ1) is 8.22. The molecule has 0 aliphatic heterocycles. The summed E-state index contributed by atoms with van der Waals surface area (Å²) in [4.78, 5) is 2.08. The normalized spacial score (nSPS) is 10.0. The predicted molar refractivity (Wildman–Crippen MR) is 70.4 cm³/mol. The molecule has 3 nitrogen and oxygen atoms in total. The molecule has 17 heavy (non-hydrogen) atoms. The number of aliphatic hydroxyl groups is 1. The standard InChI is InChI=1S/C13H17ClN2O/c1-2-3-6-16(7-8-17)12-5-4-11(10-15)13(14)9-12/h4-5,9,17H,2-3,6-8H2,1H3. The summed E-state index contributed by atoms with van der Waals surface area (Å²) < 4.78 is 0. The van der Waals surface area contributed by atoms with Crippen LogP contribution < -0.4 is 4.90 Å². The smallest absolute Gasteiger partial charge is 0.101 e. The zero-order valence-corrected chi connectivity index (χ0v) is 10.7. The van der Waals surface area contributed by atoms with Crippen LogP contribution in [0.5, 0.6) is 0 Å². The quantitative estimate of drug-likeness (QED) is 0.847. The highest BCUT2D eigenvalue weighted by Crippen LogP contribution is 2.23. The number of halogens is 1. The number of anilines is 1. The molecule has 0 bridgehead atoms. The molecule has 0 radical (unpaired) electrons. The first kappa shape index (κ1) is 13.8. The van der Waals surface area contributed by atoms with E-state index in [2.05, 4.69) is 11.8 Å². The van der Waals surface area contributed by atoms with Gasteiger partial charge >= 0.3 is 0 Å². The van der Waals surface area contributed by atoms with Gasteiger partial charge in [0, 0.05) is 18.8 Å². The fourth-order valence-electron chi connectivity index (χ4n) is 1.63. The first-order valence-corrected chi connectivity index (χ1v) is 6.16. The third-order valence-corrected chi connectivity index (χ3v) is 2.90. The number of hydrogen-bond acceptors (Lipinski definition) is 3. The van der Waals surface area contributed by atoms with Crippen LogP contribution in [0.1, 0.15) is 25.3 Å². The number of rotatable bonds is 6. The first-order valence-electron chi connectivity index (χ1n) is 5.78. The second-order valence-electron chi connectivity index (χ2n) is 3.84. The molecule has 0 saturated heterocycles. The Morgan fingerprint density at radius 2 is 2.18 bits per heavy atom. The van der Waals surface area contributed by atoms with Gasteiger partial charge in [-0.25, -0.2) is 0 Å². The molecule has 0 fully saturated rings. The third kappa shape index (κ3) is 3.92. The van der Waals surface area contributed by atoms with Gasteiger partial charge in [-0.15, -0.1) is 0 Å². The highest BCUT2D eigenvalue weighted by molar-refractivity contribution is 6.32. The second kappa shape index (κ2) is 7.16. The lowest BCUT2D eigenvalue weighted by Crippen LogP contribution is -2.27. The molecule has 1 aromatic rings. The Morgan fingerprint density at radius 1 is 1.41 bits per heavy atom. The molecular formula is C13H17ClN2O. The lowest BCUT2D eigenvalue weighted by atomic mass is 10.2. The average Bonchev–Trinajstić information content (AvgIpc) is 2.34. The third-order valence-electron chi connectivity index (χ3n) is 2.59. The molecular weight excluding hydrogens is 236 g/mol. The van der Waals surface area contributed by atoms with E-state index in [0.29, 0.717) is 17.1 Å². The van der Waals surface area contributed by atoms with E-state index < -0.39 is 0 Å². The van der Waals surface area contributed by atoms with E-state index >= 15 is 0 Å². The van der Waals surface area contributed by atoms with Gasteiger partial charge in [-0.3, -0.25) is 0 Å². The van der Waals surface area contributed by atoms with Crippen LogP contribution in [0.2, 0.25) is 5.02 Å². The summed E-state index contributed by atoms with van der Waals surface area (Å²) in [6.45, 7) is 3.71. The molecule has 0 aliphatic rings. The van der Waals surface area contributed by atoms with E-state index in [1.165, 1.54) is 0 Å². The van der Waals surface area contributed by atoms with Crippen LogP contribution in [0.3, 0.4) is 0 Å². The minimum Gasteiger partial charge on any atom is -0.395 e. The Bertz CT molecular complexity index is 401. The van der Waals surface area contributed by atoms with E-state index in [9.17, 15) is 0 Å². The fraction of sp³-hybridized carbons (Fsp3) is 0.462. The maximum atomic E-state index is 9.04. The lowest BCUT2D eigenvalue weighted by Gasteiger charge is -2.24.